The fourth-order valence-electron chi connectivity index (χ4n) is 1.18. The highest BCUT2D eigenvalue weighted by Crippen LogP contribution is 2.10. The highest BCUT2D eigenvalue weighted by atomic mass is 32.2. The first-order valence-corrected chi connectivity index (χ1v) is 6.54. The summed E-state index contributed by atoms with van der Waals surface area (Å²) in [7, 11) is 0. The average molecular weight is 269 g/mol. The van der Waals surface area contributed by atoms with Crippen LogP contribution in [0.1, 0.15) is 5.56 Å². The molecule has 0 spiro atoms. The molecule has 1 aromatic carbocycles. The Labute approximate surface area is 109 Å². The highest BCUT2D eigenvalue weighted by Gasteiger charge is 2.13. The van der Waals surface area contributed by atoms with Gasteiger partial charge in [0.15, 0.2) is 6.10 Å². The molecule has 6 heteroatoms. The molecule has 0 aliphatic rings. The van der Waals surface area contributed by atoms with E-state index in [1.165, 1.54) is 11.8 Å². The van der Waals surface area contributed by atoms with Gasteiger partial charge in [0.2, 0.25) is 5.91 Å². The molecule has 1 rings (SSSR count). The van der Waals surface area contributed by atoms with Gasteiger partial charge in [-0.05, 0) is 5.56 Å². The van der Waals surface area contributed by atoms with Crippen molar-refractivity contribution in [3.8, 4) is 0 Å². The average Bonchev–Trinajstić information content (AvgIpc) is 2.37. The van der Waals surface area contributed by atoms with E-state index in [1.807, 2.05) is 30.3 Å². The quantitative estimate of drug-likeness (QED) is 0.670. The van der Waals surface area contributed by atoms with Gasteiger partial charge in [0.05, 0.1) is 12.3 Å². The summed E-state index contributed by atoms with van der Waals surface area (Å²) in [6.07, 6.45) is -1.55. The first-order chi connectivity index (χ1) is 8.59. The Morgan fingerprint density at radius 2 is 1.94 bits per heavy atom. The van der Waals surface area contributed by atoms with Crippen LogP contribution in [0.3, 0.4) is 0 Å². The minimum Gasteiger partial charge on any atom is -0.479 e. The lowest BCUT2D eigenvalue weighted by Crippen LogP contribution is -2.37. The van der Waals surface area contributed by atoms with Crippen LogP contribution >= 0.6 is 11.8 Å². The second-order valence-electron chi connectivity index (χ2n) is 3.64. The maximum Gasteiger partial charge on any atom is 0.334 e. The normalized spacial score (nSPS) is 11.8. The predicted octanol–water partition coefficient (Wildman–Crippen LogP) is 0.482. The molecule has 0 aromatic heterocycles. The first kappa shape index (κ1) is 14.5. The number of carboxylic acids is 1. The zero-order valence-corrected chi connectivity index (χ0v) is 10.5. The van der Waals surface area contributed by atoms with E-state index in [1.54, 1.807) is 0 Å². The number of hydrogen-bond acceptors (Lipinski definition) is 4. The van der Waals surface area contributed by atoms with Crippen molar-refractivity contribution in [3.05, 3.63) is 35.9 Å². The first-order valence-electron chi connectivity index (χ1n) is 5.39. The largest absolute Gasteiger partial charge is 0.479 e. The number of carbonyl (C=O) groups excluding carboxylic acids is 1. The second kappa shape index (κ2) is 7.73. The van der Waals surface area contributed by atoms with Crippen LogP contribution in [0.2, 0.25) is 0 Å². The third-order valence-corrected chi connectivity index (χ3v) is 3.13. The Morgan fingerprint density at radius 3 is 2.56 bits per heavy atom. The number of carboxylic acid groups (broad SMARTS) is 1. The lowest BCUT2D eigenvalue weighted by atomic mass is 10.2. The van der Waals surface area contributed by atoms with Crippen molar-refractivity contribution < 1.29 is 19.8 Å². The van der Waals surface area contributed by atoms with Crippen LogP contribution in [0.15, 0.2) is 30.3 Å². The molecule has 0 aliphatic carbocycles. The Balaban J connectivity index is 2.16. The summed E-state index contributed by atoms with van der Waals surface area (Å²) in [5.74, 6) is -0.666. The molecule has 0 saturated heterocycles. The molecule has 1 atom stereocenters. The van der Waals surface area contributed by atoms with E-state index in [-0.39, 0.29) is 18.2 Å². The number of rotatable bonds is 7. The maximum atomic E-state index is 11.3. The number of thioether (sulfide) groups is 1. The summed E-state index contributed by atoms with van der Waals surface area (Å²) in [6, 6.07) is 9.73. The number of nitrogens with one attached hydrogen (secondary N) is 1. The highest BCUT2D eigenvalue weighted by molar-refractivity contribution is 7.99. The fourth-order valence-corrected chi connectivity index (χ4v) is 2.00. The summed E-state index contributed by atoms with van der Waals surface area (Å²) in [4.78, 5) is 21.6. The zero-order valence-electron chi connectivity index (χ0n) is 9.70. The molecule has 0 unspecified atom stereocenters. The summed E-state index contributed by atoms with van der Waals surface area (Å²) in [6.45, 7) is -0.264. The van der Waals surface area contributed by atoms with Crippen LogP contribution in [0.4, 0.5) is 0 Å². The van der Waals surface area contributed by atoms with Gasteiger partial charge >= 0.3 is 5.97 Å². The van der Waals surface area contributed by atoms with Crippen molar-refractivity contribution in [1.29, 1.82) is 0 Å². The molecular weight excluding hydrogens is 254 g/mol. The van der Waals surface area contributed by atoms with Crippen LogP contribution in [0, 0.1) is 0 Å². The lowest BCUT2D eigenvalue weighted by molar-refractivity contribution is -0.146. The van der Waals surface area contributed by atoms with E-state index in [0.717, 1.165) is 11.3 Å². The molecule has 0 saturated carbocycles. The summed E-state index contributed by atoms with van der Waals surface area (Å²) in [5, 5.41) is 19.7. The molecule has 0 radical (unpaired) electrons. The van der Waals surface area contributed by atoms with E-state index in [9.17, 15) is 9.59 Å². The van der Waals surface area contributed by atoms with Crippen molar-refractivity contribution >= 4 is 23.6 Å². The number of benzene rings is 1. The van der Waals surface area contributed by atoms with Gasteiger partial charge in [0, 0.05) is 5.75 Å². The van der Waals surface area contributed by atoms with E-state index >= 15 is 0 Å². The SMILES string of the molecule is O=C(CSCc1ccccc1)NC[C@H](O)C(=O)O. The van der Waals surface area contributed by atoms with Crippen LogP contribution in [0.25, 0.3) is 0 Å². The minimum absolute atomic E-state index is 0.237. The zero-order chi connectivity index (χ0) is 13.4. The number of amides is 1. The van der Waals surface area contributed by atoms with E-state index < -0.39 is 12.1 Å². The van der Waals surface area contributed by atoms with Gasteiger partial charge in [-0.1, -0.05) is 30.3 Å². The molecule has 0 heterocycles. The number of aliphatic carboxylic acids is 1. The van der Waals surface area contributed by atoms with Gasteiger partial charge in [-0.25, -0.2) is 4.79 Å². The molecule has 0 aliphatic heterocycles. The molecule has 18 heavy (non-hydrogen) atoms. The van der Waals surface area contributed by atoms with Gasteiger partial charge in [-0.3, -0.25) is 4.79 Å². The molecule has 1 amide bonds. The fraction of sp³-hybridized carbons (Fsp3) is 0.333. The minimum atomic E-state index is -1.55. The van der Waals surface area contributed by atoms with Crippen molar-refractivity contribution in [1.82, 2.24) is 5.32 Å². The number of hydrogen-bond donors (Lipinski definition) is 3. The summed E-state index contributed by atoms with van der Waals surface area (Å²) >= 11 is 1.43. The number of carbonyl (C=O) groups is 2. The van der Waals surface area contributed by atoms with Crippen molar-refractivity contribution in [3.63, 3.8) is 0 Å². The van der Waals surface area contributed by atoms with Crippen LogP contribution in [-0.4, -0.2) is 40.5 Å². The van der Waals surface area contributed by atoms with Crippen LogP contribution in [-0.2, 0) is 15.3 Å². The summed E-state index contributed by atoms with van der Waals surface area (Å²) in [5.41, 5.74) is 1.13. The van der Waals surface area contributed by atoms with Crippen molar-refractivity contribution in [2.75, 3.05) is 12.3 Å². The van der Waals surface area contributed by atoms with Crippen molar-refractivity contribution in [2.45, 2.75) is 11.9 Å². The van der Waals surface area contributed by atoms with E-state index in [4.69, 9.17) is 10.2 Å². The van der Waals surface area contributed by atoms with E-state index in [0.29, 0.717) is 0 Å². The standard InChI is InChI=1S/C12H15NO4S/c14-10(12(16)17)6-13-11(15)8-18-7-9-4-2-1-3-5-9/h1-5,10,14H,6-8H2,(H,13,15)(H,16,17)/t10-/m0/s1. The third-order valence-electron chi connectivity index (χ3n) is 2.12. The Kier molecular flexibility index (Phi) is 6.24. The Bertz CT molecular complexity index is 396. The Hall–Kier alpha value is -1.53. The van der Waals surface area contributed by atoms with Gasteiger partial charge in [-0.15, -0.1) is 11.8 Å². The van der Waals surface area contributed by atoms with E-state index in [2.05, 4.69) is 5.32 Å². The topological polar surface area (TPSA) is 86.6 Å². The molecular formula is C12H15NO4S. The van der Waals surface area contributed by atoms with Gasteiger partial charge in [0.25, 0.3) is 0 Å². The predicted molar refractivity (Wildman–Crippen MR) is 69.3 cm³/mol. The molecule has 1 aromatic rings. The van der Waals surface area contributed by atoms with Gasteiger partial charge in [-0.2, -0.15) is 0 Å². The Morgan fingerprint density at radius 1 is 1.28 bits per heavy atom. The molecule has 3 N–H and O–H groups in total. The van der Waals surface area contributed by atoms with Crippen LogP contribution in [0.5, 0.6) is 0 Å². The molecule has 5 nitrogen and oxygen atoms in total. The van der Waals surface area contributed by atoms with Gasteiger partial charge < -0.3 is 15.5 Å². The summed E-state index contributed by atoms with van der Waals surface area (Å²) < 4.78 is 0. The number of aliphatic hydroxyl groups is 1. The lowest BCUT2D eigenvalue weighted by Gasteiger charge is -2.07. The van der Waals surface area contributed by atoms with Gasteiger partial charge in [0.1, 0.15) is 0 Å². The molecule has 98 valence electrons. The smallest absolute Gasteiger partial charge is 0.334 e. The van der Waals surface area contributed by atoms with Crippen LogP contribution < -0.4 is 5.32 Å². The van der Waals surface area contributed by atoms with Crippen molar-refractivity contribution in [2.24, 2.45) is 0 Å². The molecule has 0 fully saturated rings. The maximum absolute atomic E-state index is 11.3. The second-order valence-corrected chi connectivity index (χ2v) is 4.62. The monoisotopic (exact) mass is 269 g/mol. The number of aliphatic hydroxyl groups excluding tert-OH is 1. The molecule has 0 bridgehead atoms. The third kappa shape index (κ3) is 5.70.